The smallest absolute Gasteiger partial charge is 0.159 e. The molecule has 2 rings (SSSR count). The monoisotopic (exact) mass is 218 g/mol. The standard InChI is InChI=1S/C14H18O2/c1-9(15)10-6-7-12-11(8-10)13(2,3)14(4,5)16-12/h6-8H,1-5H3. The summed E-state index contributed by atoms with van der Waals surface area (Å²) in [6, 6.07) is 5.70. The van der Waals surface area contributed by atoms with E-state index >= 15 is 0 Å². The van der Waals surface area contributed by atoms with Gasteiger partial charge in [-0.25, -0.2) is 0 Å². The van der Waals surface area contributed by atoms with Crippen molar-refractivity contribution in [1.82, 2.24) is 0 Å². The minimum Gasteiger partial charge on any atom is -0.487 e. The van der Waals surface area contributed by atoms with Crippen LogP contribution in [-0.4, -0.2) is 11.4 Å². The van der Waals surface area contributed by atoms with Crippen molar-refractivity contribution in [3.05, 3.63) is 29.3 Å². The lowest BCUT2D eigenvalue weighted by Crippen LogP contribution is -2.42. The Kier molecular flexibility index (Phi) is 2.16. The second-order valence-corrected chi connectivity index (χ2v) is 5.50. The summed E-state index contributed by atoms with van der Waals surface area (Å²) >= 11 is 0. The first kappa shape index (κ1) is 11.2. The average Bonchev–Trinajstić information content (AvgIpc) is 2.33. The molecular formula is C14H18O2. The van der Waals surface area contributed by atoms with Gasteiger partial charge in [-0.3, -0.25) is 4.79 Å². The highest BCUT2D eigenvalue weighted by molar-refractivity contribution is 5.94. The molecule has 0 amide bonds. The predicted molar refractivity (Wildman–Crippen MR) is 64.2 cm³/mol. The molecule has 0 N–H and O–H groups in total. The lowest BCUT2D eigenvalue weighted by molar-refractivity contribution is 0.0712. The van der Waals surface area contributed by atoms with Crippen LogP contribution in [0.25, 0.3) is 0 Å². The highest BCUT2D eigenvalue weighted by Crippen LogP contribution is 2.48. The second-order valence-electron chi connectivity index (χ2n) is 5.50. The molecule has 1 aromatic rings. The minimum atomic E-state index is -0.231. The topological polar surface area (TPSA) is 26.3 Å². The fourth-order valence-corrected chi connectivity index (χ4v) is 2.05. The maximum Gasteiger partial charge on any atom is 0.159 e. The van der Waals surface area contributed by atoms with Crippen LogP contribution in [0, 0.1) is 0 Å². The molecule has 0 spiro atoms. The van der Waals surface area contributed by atoms with Gasteiger partial charge in [0, 0.05) is 16.5 Å². The predicted octanol–water partition coefficient (Wildman–Crippen LogP) is 3.34. The SMILES string of the molecule is CC(=O)c1ccc2c(c1)C(C)(C)C(C)(C)O2. The van der Waals surface area contributed by atoms with Crippen LogP contribution in [-0.2, 0) is 5.41 Å². The Bertz CT molecular complexity index is 456. The quantitative estimate of drug-likeness (QED) is 0.676. The van der Waals surface area contributed by atoms with E-state index in [4.69, 9.17) is 4.74 Å². The van der Waals surface area contributed by atoms with Crippen molar-refractivity contribution in [2.24, 2.45) is 0 Å². The molecule has 1 aliphatic heterocycles. The molecule has 0 fully saturated rings. The number of Topliss-reactive ketones (excluding diaryl/α,β-unsaturated/α-hetero) is 1. The summed E-state index contributed by atoms with van der Waals surface area (Å²) in [6.45, 7) is 10.1. The van der Waals surface area contributed by atoms with Gasteiger partial charge in [0.25, 0.3) is 0 Å². The molecule has 0 unspecified atom stereocenters. The van der Waals surface area contributed by atoms with Crippen molar-refractivity contribution in [3.63, 3.8) is 0 Å². The summed E-state index contributed by atoms with van der Waals surface area (Å²) in [5.74, 6) is 1.00. The first-order valence-electron chi connectivity index (χ1n) is 5.60. The molecule has 0 radical (unpaired) electrons. The van der Waals surface area contributed by atoms with Crippen LogP contribution < -0.4 is 4.74 Å². The van der Waals surface area contributed by atoms with Gasteiger partial charge in [-0.2, -0.15) is 0 Å². The lowest BCUT2D eigenvalue weighted by atomic mass is 9.73. The van der Waals surface area contributed by atoms with E-state index in [1.165, 1.54) is 0 Å². The van der Waals surface area contributed by atoms with Crippen LogP contribution >= 0.6 is 0 Å². The molecule has 0 saturated carbocycles. The number of hydrogen-bond donors (Lipinski definition) is 0. The van der Waals surface area contributed by atoms with Gasteiger partial charge in [0.15, 0.2) is 5.78 Å². The van der Waals surface area contributed by atoms with E-state index in [2.05, 4.69) is 27.7 Å². The number of ether oxygens (including phenoxy) is 1. The maximum atomic E-state index is 11.4. The van der Waals surface area contributed by atoms with Crippen molar-refractivity contribution in [2.75, 3.05) is 0 Å². The Balaban J connectivity index is 2.59. The third kappa shape index (κ3) is 1.36. The fourth-order valence-electron chi connectivity index (χ4n) is 2.05. The highest BCUT2D eigenvalue weighted by Gasteiger charge is 2.47. The summed E-state index contributed by atoms with van der Waals surface area (Å²) in [7, 11) is 0. The summed E-state index contributed by atoms with van der Waals surface area (Å²) in [4.78, 5) is 11.4. The van der Waals surface area contributed by atoms with Gasteiger partial charge in [-0.05, 0) is 39.0 Å². The van der Waals surface area contributed by atoms with Crippen LogP contribution in [0.15, 0.2) is 18.2 Å². The molecule has 0 aliphatic carbocycles. The summed E-state index contributed by atoms with van der Waals surface area (Å²) in [5.41, 5.74) is 1.58. The van der Waals surface area contributed by atoms with E-state index in [1.807, 2.05) is 18.2 Å². The highest BCUT2D eigenvalue weighted by atomic mass is 16.5. The number of ketones is 1. The third-order valence-electron chi connectivity index (χ3n) is 3.93. The maximum absolute atomic E-state index is 11.4. The zero-order valence-electron chi connectivity index (χ0n) is 10.5. The van der Waals surface area contributed by atoms with Crippen molar-refractivity contribution in [2.45, 2.75) is 45.6 Å². The molecule has 0 saturated heterocycles. The molecule has 0 bridgehead atoms. The van der Waals surface area contributed by atoms with E-state index in [9.17, 15) is 4.79 Å². The van der Waals surface area contributed by atoms with Crippen molar-refractivity contribution in [1.29, 1.82) is 0 Å². The van der Waals surface area contributed by atoms with E-state index in [-0.39, 0.29) is 16.8 Å². The molecular weight excluding hydrogens is 200 g/mol. The van der Waals surface area contributed by atoms with Gasteiger partial charge < -0.3 is 4.74 Å². The third-order valence-corrected chi connectivity index (χ3v) is 3.93. The van der Waals surface area contributed by atoms with Gasteiger partial charge in [-0.15, -0.1) is 0 Å². The average molecular weight is 218 g/mol. The molecule has 16 heavy (non-hydrogen) atoms. The zero-order chi connectivity index (χ0) is 12.1. The Morgan fingerprint density at radius 2 is 1.81 bits per heavy atom. The van der Waals surface area contributed by atoms with Crippen LogP contribution in [0.1, 0.15) is 50.5 Å². The number of carbonyl (C=O) groups excluding carboxylic acids is 1. The lowest BCUT2D eigenvalue weighted by Gasteiger charge is -2.33. The Hall–Kier alpha value is -1.31. The van der Waals surface area contributed by atoms with E-state index in [0.29, 0.717) is 0 Å². The van der Waals surface area contributed by atoms with E-state index < -0.39 is 0 Å². The number of benzene rings is 1. The number of carbonyl (C=O) groups is 1. The summed E-state index contributed by atoms with van der Waals surface area (Å²) in [5, 5.41) is 0. The molecule has 1 aliphatic rings. The van der Waals surface area contributed by atoms with Gasteiger partial charge in [-0.1, -0.05) is 13.8 Å². The van der Waals surface area contributed by atoms with Gasteiger partial charge in [0.2, 0.25) is 0 Å². The number of rotatable bonds is 1. The van der Waals surface area contributed by atoms with Crippen molar-refractivity contribution in [3.8, 4) is 5.75 Å². The number of hydrogen-bond acceptors (Lipinski definition) is 2. The largest absolute Gasteiger partial charge is 0.487 e. The van der Waals surface area contributed by atoms with Gasteiger partial charge in [0.05, 0.1) is 0 Å². The summed E-state index contributed by atoms with van der Waals surface area (Å²) < 4.78 is 5.93. The van der Waals surface area contributed by atoms with Crippen molar-refractivity contribution < 1.29 is 9.53 Å². The molecule has 0 aromatic heterocycles. The molecule has 86 valence electrons. The Morgan fingerprint density at radius 3 is 2.38 bits per heavy atom. The Morgan fingerprint density at radius 1 is 1.19 bits per heavy atom. The molecule has 1 aromatic carbocycles. The molecule has 1 heterocycles. The molecule has 0 atom stereocenters. The summed E-state index contributed by atoms with van der Waals surface area (Å²) in [6.07, 6.45) is 0. The van der Waals surface area contributed by atoms with Crippen LogP contribution in [0.2, 0.25) is 0 Å². The normalized spacial score (nSPS) is 20.1. The fraction of sp³-hybridized carbons (Fsp3) is 0.500. The zero-order valence-corrected chi connectivity index (χ0v) is 10.5. The van der Waals surface area contributed by atoms with Gasteiger partial charge >= 0.3 is 0 Å². The van der Waals surface area contributed by atoms with E-state index in [1.54, 1.807) is 6.92 Å². The van der Waals surface area contributed by atoms with Crippen LogP contribution in [0.4, 0.5) is 0 Å². The Labute approximate surface area is 96.6 Å². The first-order chi connectivity index (χ1) is 7.25. The second kappa shape index (κ2) is 3.09. The van der Waals surface area contributed by atoms with Crippen LogP contribution in [0.5, 0.6) is 5.75 Å². The minimum absolute atomic E-state index is 0.0756. The van der Waals surface area contributed by atoms with E-state index in [0.717, 1.165) is 16.9 Å². The first-order valence-corrected chi connectivity index (χ1v) is 5.60. The molecule has 2 heteroatoms. The molecule has 2 nitrogen and oxygen atoms in total. The number of fused-ring (bicyclic) bond motifs is 1. The van der Waals surface area contributed by atoms with Crippen LogP contribution in [0.3, 0.4) is 0 Å². The van der Waals surface area contributed by atoms with Crippen molar-refractivity contribution >= 4 is 5.78 Å². The van der Waals surface area contributed by atoms with Gasteiger partial charge in [0.1, 0.15) is 11.4 Å².